The van der Waals surface area contributed by atoms with Crippen molar-refractivity contribution in [3.8, 4) is 0 Å². The summed E-state index contributed by atoms with van der Waals surface area (Å²) in [6, 6.07) is 0. The molecule has 18 heavy (non-hydrogen) atoms. The molecule has 1 fully saturated rings. The molecule has 0 amide bonds. The number of esters is 1. The van der Waals surface area contributed by atoms with E-state index in [2.05, 4.69) is 6.92 Å². The number of carbonyl (C=O) groups excluding carboxylic acids is 2. The Hall–Kier alpha value is -0.160. The van der Waals surface area contributed by atoms with Crippen LogP contribution in [0.3, 0.4) is 0 Å². The van der Waals surface area contributed by atoms with Gasteiger partial charge >= 0.3 is 5.97 Å². The molecule has 0 saturated carbocycles. The summed E-state index contributed by atoms with van der Waals surface area (Å²) >= 11 is 3.12. The molecule has 1 rings (SSSR count). The molecule has 104 valence electrons. The fraction of sp³-hybridized carbons (Fsp3) is 0.846. The minimum atomic E-state index is -0.422. The minimum absolute atomic E-state index is 0.0118. The molecule has 0 N–H and O–H groups in total. The Morgan fingerprint density at radius 1 is 1.44 bits per heavy atom. The van der Waals surface area contributed by atoms with Crippen LogP contribution in [0.25, 0.3) is 0 Å². The highest BCUT2D eigenvalue weighted by Crippen LogP contribution is 2.44. The summed E-state index contributed by atoms with van der Waals surface area (Å²) in [5.41, 5.74) is -0.422. The van der Waals surface area contributed by atoms with E-state index in [0.717, 1.165) is 17.9 Å². The lowest BCUT2D eigenvalue weighted by Crippen LogP contribution is -2.30. The van der Waals surface area contributed by atoms with Crippen molar-refractivity contribution in [2.75, 3.05) is 11.5 Å². The van der Waals surface area contributed by atoms with Gasteiger partial charge in [-0.05, 0) is 34.1 Å². The first-order valence-corrected chi connectivity index (χ1v) is 8.09. The van der Waals surface area contributed by atoms with Crippen molar-refractivity contribution >= 4 is 34.6 Å². The molecular weight excluding hydrogens is 268 g/mol. The second-order valence-corrected chi connectivity index (χ2v) is 8.74. The summed E-state index contributed by atoms with van der Waals surface area (Å²) in [7, 11) is 0. The standard InChI is InChI=1S/C13H22O3S2/c1-9(14)17-8-13(5)6-10(7-18-13)11(15)16-12(2,3)4/h10H,6-8H2,1-5H3. The molecule has 2 atom stereocenters. The van der Waals surface area contributed by atoms with Crippen LogP contribution in [-0.2, 0) is 14.3 Å². The SMILES string of the molecule is CC(=O)SCC1(C)CC(C(=O)OC(C)(C)C)CS1. The molecule has 3 nitrogen and oxygen atoms in total. The van der Waals surface area contributed by atoms with Gasteiger partial charge in [0.2, 0.25) is 0 Å². The maximum atomic E-state index is 12.0. The Morgan fingerprint density at radius 3 is 2.56 bits per heavy atom. The molecule has 0 aliphatic carbocycles. The van der Waals surface area contributed by atoms with Crippen LogP contribution in [0.15, 0.2) is 0 Å². The van der Waals surface area contributed by atoms with Crippen LogP contribution >= 0.6 is 23.5 Å². The van der Waals surface area contributed by atoms with Crippen molar-refractivity contribution in [1.29, 1.82) is 0 Å². The summed E-state index contributed by atoms with van der Waals surface area (Å²) in [4.78, 5) is 23.0. The molecular formula is C13H22O3S2. The molecule has 2 unspecified atom stereocenters. The van der Waals surface area contributed by atoms with Gasteiger partial charge in [-0.3, -0.25) is 9.59 Å². The van der Waals surface area contributed by atoms with Gasteiger partial charge in [0.05, 0.1) is 5.92 Å². The highest BCUT2D eigenvalue weighted by Gasteiger charge is 2.41. The molecule has 0 aromatic heterocycles. The maximum Gasteiger partial charge on any atom is 0.310 e. The van der Waals surface area contributed by atoms with Crippen LogP contribution in [0, 0.1) is 5.92 Å². The van der Waals surface area contributed by atoms with E-state index >= 15 is 0 Å². The van der Waals surface area contributed by atoms with E-state index in [9.17, 15) is 9.59 Å². The predicted octanol–water partition coefficient (Wildman–Crippen LogP) is 3.12. The summed E-state index contributed by atoms with van der Waals surface area (Å²) < 4.78 is 5.43. The molecule has 1 saturated heterocycles. The highest BCUT2D eigenvalue weighted by atomic mass is 32.2. The molecule has 0 aromatic rings. The minimum Gasteiger partial charge on any atom is -0.460 e. The number of ether oxygens (including phenoxy) is 1. The van der Waals surface area contributed by atoms with Crippen molar-refractivity contribution < 1.29 is 14.3 Å². The number of carbonyl (C=O) groups is 2. The molecule has 5 heteroatoms. The van der Waals surface area contributed by atoms with Crippen molar-refractivity contribution in [3.05, 3.63) is 0 Å². The number of hydrogen-bond acceptors (Lipinski definition) is 5. The van der Waals surface area contributed by atoms with Crippen molar-refractivity contribution in [2.24, 2.45) is 5.92 Å². The average Bonchev–Trinajstić information content (AvgIpc) is 2.56. The molecule has 0 bridgehead atoms. The van der Waals surface area contributed by atoms with Gasteiger partial charge < -0.3 is 4.74 Å². The van der Waals surface area contributed by atoms with Crippen molar-refractivity contribution in [3.63, 3.8) is 0 Å². The van der Waals surface area contributed by atoms with Gasteiger partial charge in [-0.1, -0.05) is 11.8 Å². The zero-order chi connectivity index (χ0) is 14.0. The molecule has 1 aliphatic heterocycles. The Bertz CT molecular complexity index is 336. The van der Waals surface area contributed by atoms with E-state index in [1.807, 2.05) is 20.8 Å². The van der Waals surface area contributed by atoms with Gasteiger partial charge in [0.25, 0.3) is 0 Å². The Labute approximate surface area is 118 Å². The van der Waals surface area contributed by atoms with Gasteiger partial charge in [0, 0.05) is 23.2 Å². The van der Waals surface area contributed by atoms with Gasteiger partial charge in [-0.15, -0.1) is 0 Å². The third-order valence-electron chi connectivity index (χ3n) is 2.63. The molecule has 0 spiro atoms. The van der Waals surface area contributed by atoms with Crippen molar-refractivity contribution in [2.45, 2.75) is 51.4 Å². The fourth-order valence-electron chi connectivity index (χ4n) is 1.83. The lowest BCUT2D eigenvalue weighted by molar-refractivity contribution is -0.159. The average molecular weight is 290 g/mol. The number of hydrogen-bond donors (Lipinski definition) is 0. The van der Waals surface area contributed by atoms with E-state index in [1.165, 1.54) is 11.8 Å². The molecule has 1 heterocycles. The van der Waals surface area contributed by atoms with E-state index in [1.54, 1.807) is 18.7 Å². The summed E-state index contributed by atoms with van der Waals surface area (Å²) in [5, 5.41) is 0.137. The van der Waals surface area contributed by atoms with E-state index in [-0.39, 0.29) is 21.7 Å². The molecule has 0 aromatic carbocycles. The summed E-state index contributed by atoms with van der Waals surface area (Å²) in [6.45, 7) is 9.37. The van der Waals surface area contributed by atoms with Crippen LogP contribution in [0.1, 0.15) is 41.0 Å². The smallest absolute Gasteiger partial charge is 0.310 e. The zero-order valence-corrected chi connectivity index (χ0v) is 13.4. The summed E-state index contributed by atoms with van der Waals surface area (Å²) in [5.74, 6) is 1.43. The van der Waals surface area contributed by atoms with Crippen LogP contribution in [0.5, 0.6) is 0 Å². The zero-order valence-electron chi connectivity index (χ0n) is 11.7. The predicted molar refractivity (Wildman–Crippen MR) is 78.0 cm³/mol. The Morgan fingerprint density at radius 2 is 2.06 bits per heavy atom. The topological polar surface area (TPSA) is 43.4 Å². The largest absolute Gasteiger partial charge is 0.460 e. The first kappa shape index (κ1) is 15.9. The summed E-state index contributed by atoms with van der Waals surface area (Å²) in [6.07, 6.45) is 0.798. The van der Waals surface area contributed by atoms with Gasteiger partial charge in [-0.2, -0.15) is 11.8 Å². The number of rotatable bonds is 3. The molecule has 1 aliphatic rings. The monoisotopic (exact) mass is 290 g/mol. The maximum absolute atomic E-state index is 12.0. The second-order valence-electron chi connectivity index (χ2n) is 5.98. The van der Waals surface area contributed by atoms with Crippen LogP contribution in [-0.4, -0.2) is 32.9 Å². The first-order valence-electron chi connectivity index (χ1n) is 6.11. The van der Waals surface area contributed by atoms with E-state index in [0.29, 0.717) is 0 Å². The lowest BCUT2D eigenvalue weighted by Gasteiger charge is -2.24. The normalized spacial score (nSPS) is 28.2. The van der Waals surface area contributed by atoms with E-state index < -0.39 is 5.60 Å². The van der Waals surface area contributed by atoms with Gasteiger partial charge in [0.1, 0.15) is 5.60 Å². The van der Waals surface area contributed by atoms with Gasteiger partial charge in [-0.25, -0.2) is 0 Å². The third-order valence-corrected chi connectivity index (χ3v) is 5.58. The quantitative estimate of drug-likeness (QED) is 0.747. The van der Waals surface area contributed by atoms with Crippen LogP contribution in [0.4, 0.5) is 0 Å². The lowest BCUT2D eigenvalue weighted by atomic mass is 9.98. The van der Waals surface area contributed by atoms with Crippen LogP contribution in [0.2, 0.25) is 0 Å². The van der Waals surface area contributed by atoms with Crippen LogP contribution < -0.4 is 0 Å². The van der Waals surface area contributed by atoms with E-state index in [4.69, 9.17) is 4.74 Å². The number of thioether (sulfide) groups is 2. The van der Waals surface area contributed by atoms with Gasteiger partial charge in [0.15, 0.2) is 5.12 Å². The second kappa shape index (κ2) is 5.87. The first-order chi connectivity index (χ1) is 8.11. The Balaban J connectivity index is 2.49. The highest BCUT2D eigenvalue weighted by molar-refractivity contribution is 8.14. The molecule has 0 radical (unpaired) electrons. The Kier molecular flexibility index (Phi) is 5.18. The van der Waals surface area contributed by atoms with Crippen molar-refractivity contribution in [1.82, 2.24) is 0 Å². The fourth-order valence-corrected chi connectivity index (χ4v) is 4.15. The third kappa shape index (κ3) is 5.22.